The van der Waals surface area contributed by atoms with Gasteiger partial charge >= 0.3 is 5.97 Å². The van der Waals surface area contributed by atoms with Crippen molar-refractivity contribution in [2.45, 2.75) is 20.3 Å². The van der Waals surface area contributed by atoms with Crippen LogP contribution >= 0.6 is 15.9 Å². The van der Waals surface area contributed by atoms with E-state index in [2.05, 4.69) is 20.7 Å². The maximum atomic E-state index is 11.0. The Morgan fingerprint density at radius 1 is 1.45 bits per heavy atom. The number of hydrogen-bond donors (Lipinski definition) is 0. The number of rotatable bonds is 3. The largest absolute Gasteiger partial charge is 0.469 e. The molecule has 0 aromatic rings. The van der Waals surface area contributed by atoms with Crippen LogP contribution in [0.3, 0.4) is 0 Å². The second-order valence-corrected chi connectivity index (χ2v) is 3.79. The summed E-state index contributed by atoms with van der Waals surface area (Å²) in [6.07, 6.45) is 0.152. The van der Waals surface area contributed by atoms with E-state index in [9.17, 15) is 9.59 Å². The van der Waals surface area contributed by atoms with Crippen LogP contribution in [0.25, 0.3) is 0 Å². The third kappa shape index (κ3) is 3.51. The average Bonchev–Trinajstić information content (AvgIpc) is 1.83. The van der Waals surface area contributed by atoms with Gasteiger partial charge in [-0.2, -0.15) is 0 Å². The lowest BCUT2D eigenvalue weighted by atomic mass is 9.90. The third-order valence-electron chi connectivity index (χ3n) is 1.32. The first-order valence-corrected chi connectivity index (χ1v) is 3.96. The average molecular weight is 223 g/mol. The molecule has 0 amide bonds. The van der Waals surface area contributed by atoms with Crippen molar-refractivity contribution in [3.8, 4) is 0 Å². The molecule has 0 bridgehead atoms. The highest BCUT2D eigenvalue weighted by molar-refractivity contribution is 9.18. The molecular formula is C7H11BrO3. The molecule has 0 unspecified atom stereocenters. The van der Waals surface area contributed by atoms with E-state index in [1.807, 2.05) is 0 Å². The predicted octanol–water partition coefficient (Wildman–Crippen LogP) is 1.50. The van der Waals surface area contributed by atoms with Crippen LogP contribution in [0.1, 0.15) is 20.3 Å². The summed E-state index contributed by atoms with van der Waals surface area (Å²) >= 11 is 2.76. The first-order chi connectivity index (χ1) is 4.90. The summed E-state index contributed by atoms with van der Waals surface area (Å²) in [6, 6.07) is 0. The summed E-state index contributed by atoms with van der Waals surface area (Å²) in [5.74, 6) is -0.370. The predicted molar refractivity (Wildman–Crippen MR) is 44.3 cm³/mol. The minimum atomic E-state index is -0.727. The molecule has 0 heterocycles. The Balaban J connectivity index is 4.21. The Labute approximate surface area is 74.2 Å². The number of methoxy groups -OCH3 is 1. The Kier molecular flexibility index (Phi) is 3.72. The van der Waals surface area contributed by atoms with Gasteiger partial charge in [-0.15, -0.1) is 0 Å². The number of carbonyl (C=O) groups is 2. The lowest BCUT2D eigenvalue weighted by Gasteiger charge is -2.18. The van der Waals surface area contributed by atoms with Crippen molar-refractivity contribution in [3.63, 3.8) is 0 Å². The lowest BCUT2D eigenvalue weighted by Crippen LogP contribution is -2.27. The summed E-state index contributed by atoms with van der Waals surface area (Å²) in [6.45, 7) is 3.33. The van der Waals surface area contributed by atoms with Crippen molar-refractivity contribution in [2.75, 3.05) is 7.11 Å². The first-order valence-electron chi connectivity index (χ1n) is 3.17. The van der Waals surface area contributed by atoms with E-state index in [-0.39, 0.29) is 17.1 Å². The Morgan fingerprint density at radius 3 is 2.18 bits per heavy atom. The zero-order valence-electron chi connectivity index (χ0n) is 6.81. The number of hydrogen-bond acceptors (Lipinski definition) is 3. The van der Waals surface area contributed by atoms with Crippen molar-refractivity contribution in [1.29, 1.82) is 0 Å². The quantitative estimate of drug-likeness (QED) is 0.537. The van der Waals surface area contributed by atoms with E-state index >= 15 is 0 Å². The molecule has 0 N–H and O–H groups in total. The summed E-state index contributed by atoms with van der Waals surface area (Å²) in [5.41, 5.74) is -0.727. The van der Waals surface area contributed by atoms with Gasteiger partial charge < -0.3 is 4.74 Å². The Hall–Kier alpha value is -0.380. The van der Waals surface area contributed by atoms with Crippen LogP contribution in [0.2, 0.25) is 0 Å². The molecule has 64 valence electrons. The fourth-order valence-corrected chi connectivity index (χ4v) is 1.40. The minimum absolute atomic E-state index is 0.152. The lowest BCUT2D eigenvalue weighted by molar-refractivity contribution is -0.152. The Bertz CT molecular complexity index is 175. The van der Waals surface area contributed by atoms with Crippen LogP contribution in [-0.4, -0.2) is 17.8 Å². The highest BCUT2D eigenvalue weighted by Gasteiger charge is 2.30. The molecule has 0 radical (unpaired) electrons. The van der Waals surface area contributed by atoms with Gasteiger partial charge in [-0.3, -0.25) is 9.59 Å². The molecule has 0 saturated carbocycles. The minimum Gasteiger partial charge on any atom is -0.469 e. The van der Waals surface area contributed by atoms with Gasteiger partial charge in [-0.05, 0) is 29.8 Å². The molecule has 0 atom stereocenters. The molecule has 0 aromatic carbocycles. The first kappa shape index (κ1) is 10.6. The molecule has 3 nitrogen and oxygen atoms in total. The second kappa shape index (κ2) is 3.85. The molecule has 0 aliphatic heterocycles. The van der Waals surface area contributed by atoms with Crippen LogP contribution < -0.4 is 0 Å². The fourth-order valence-electron chi connectivity index (χ4n) is 0.696. The van der Waals surface area contributed by atoms with E-state index in [1.54, 1.807) is 13.8 Å². The molecular weight excluding hydrogens is 212 g/mol. The SMILES string of the molecule is COC(=O)C(C)(C)CC(=O)Br. The van der Waals surface area contributed by atoms with Gasteiger partial charge in [0.25, 0.3) is 0 Å². The smallest absolute Gasteiger partial charge is 0.311 e. The molecule has 4 heteroatoms. The fraction of sp³-hybridized carbons (Fsp3) is 0.714. The van der Waals surface area contributed by atoms with E-state index in [0.717, 1.165) is 0 Å². The van der Waals surface area contributed by atoms with Crippen molar-refractivity contribution in [3.05, 3.63) is 0 Å². The maximum absolute atomic E-state index is 11.0. The van der Waals surface area contributed by atoms with E-state index in [0.29, 0.717) is 0 Å². The van der Waals surface area contributed by atoms with Crippen LogP contribution in [-0.2, 0) is 14.3 Å². The zero-order valence-corrected chi connectivity index (χ0v) is 8.40. The molecule has 0 aromatic heterocycles. The number of ether oxygens (including phenoxy) is 1. The second-order valence-electron chi connectivity index (χ2n) is 2.91. The van der Waals surface area contributed by atoms with Gasteiger partial charge in [0, 0.05) is 6.42 Å². The van der Waals surface area contributed by atoms with Gasteiger partial charge in [0.2, 0.25) is 0 Å². The van der Waals surface area contributed by atoms with Crippen LogP contribution in [0, 0.1) is 5.41 Å². The number of esters is 1. The summed E-state index contributed by atoms with van der Waals surface area (Å²) in [5, 5.41) is 0. The van der Waals surface area contributed by atoms with Gasteiger partial charge in [0.1, 0.15) is 0 Å². The summed E-state index contributed by atoms with van der Waals surface area (Å²) < 4.78 is 4.32. The topological polar surface area (TPSA) is 43.4 Å². The van der Waals surface area contributed by atoms with E-state index < -0.39 is 5.41 Å². The van der Waals surface area contributed by atoms with E-state index in [1.165, 1.54) is 7.11 Å². The number of halogens is 1. The number of carbonyl (C=O) groups excluding carboxylic acids is 2. The molecule has 0 spiro atoms. The molecule has 0 aliphatic carbocycles. The summed E-state index contributed by atoms with van der Waals surface area (Å²) in [4.78, 5) is 21.6. The van der Waals surface area contributed by atoms with Gasteiger partial charge in [-0.1, -0.05) is 0 Å². The summed E-state index contributed by atoms with van der Waals surface area (Å²) in [7, 11) is 1.31. The normalized spacial score (nSPS) is 10.9. The maximum Gasteiger partial charge on any atom is 0.311 e. The molecule has 0 saturated heterocycles. The highest BCUT2D eigenvalue weighted by atomic mass is 79.9. The van der Waals surface area contributed by atoms with Crippen LogP contribution in [0.15, 0.2) is 0 Å². The van der Waals surface area contributed by atoms with Crippen LogP contribution in [0.5, 0.6) is 0 Å². The molecule has 0 rings (SSSR count). The van der Waals surface area contributed by atoms with Gasteiger partial charge in [0.05, 0.1) is 12.5 Å². The van der Waals surface area contributed by atoms with Crippen molar-refractivity contribution < 1.29 is 14.3 Å². The molecule has 0 fully saturated rings. The molecule has 0 aliphatic rings. The standard InChI is InChI=1S/C7H11BrO3/c1-7(2,4-5(8)9)6(10)11-3/h4H2,1-3H3. The van der Waals surface area contributed by atoms with Crippen molar-refractivity contribution in [2.24, 2.45) is 5.41 Å². The highest BCUT2D eigenvalue weighted by Crippen LogP contribution is 2.23. The molecule has 11 heavy (non-hydrogen) atoms. The Morgan fingerprint density at radius 2 is 1.91 bits per heavy atom. The third-order valence-corrected chi connectivity index (χ3v) is 1.60. The zero-order chi connectivity index (χ0) is 9.07. The van der Waals surface area contributed by atoms with E-state index in [4.69, 9.17) is 0 Å². The van der Waals surface area contributed by atoms with Gasteiger partial charge in [-0.25, -0.2) is 0 Å². The monoisotopic (exact) mass is 222 g/mol. The van der Waals surface area contributed by atoms with Crippen LogP contribution in [0.4, 0.5) is 0 Å². The van der Waals surface area contributed by atoms with Crippen molar-refractivity contribution in [1.82, 2.24) is 0 Å². The van der Waals surface area contributed by atoms with Crippen molar-refractivity contribution >= 4 is 26.6 Å². The van der Waals surface area contributed by atoms with Gasteiger partial charge in [0.15, 0.2) is 4.69 Å².